The first kappa shape index (κ1) is 19.1. The van der Waals surface area contributed by atoms with Crippen LogP contribution in [-0.4, -0.2) is 31.6 Å². The minimum Gasteiger partial charge on any atom is -0.294 e. The summed E-state index contributed by atoms with van der Waals surface area (Å²) in [5.41, 5.74) is 2.78. The zero-order valence-corrected chi connectivity index (χ0v) is 16.9. The molecule has 1 heterocycles. The number of Topliss-reactive ketones (excluding diaryl/α,β-unsaturated/α-hetero) is 1. The van der Waals surface area contributed by atoms with Crippen LogP contribution in [0.2, 0.25) is 0 Å². The van der Waals surface area contributed by atoms with Crippen molar-refractivity contribution in [2.24, 2.45) is 11.8 Å². The van der Waals surface area contributed by atoms with Gasteiger partial charge in [-0.3, -0.25) is 4.79 Å². The second kappa shape index (κ2) is 7.64. The van der Waals surface area contributed by atoms with Gasteiger partial charge in [0, 0.05) is 24.6 Å². The molecule has 0 amide bonds. The highest BCUT2D eigenvalue weighted by Crippen LogP contribution is 2.39. The van der Waals surface area contributed by atoms with Crippen LogP contribution >= 0.6 is 0 Å². The fourth-order valence-corrected chi connectivity index (χ4v) is 5.80. The number of ketones is 1. The number of nitrogens with zero attached hydrogens (tertiary/aromatic N) is 1. The Labute approximate surface area is 166 Å². The molecule has 2 aromatic carbocycles. The number of carbonyl (C=O) groups excluding carboxylic acids is 1. The Morgan fingerprint density at radius 3 is 2.46 bits per heavy atom. The molecule has 1 aliphatic heterocycles. The molecule has 1 saturated heterocycles. The summed E-state index contributed by atoms with van der Waals surface area (Å²) in [4.78, 5) is 13.6. The maximum Gasteiger partial charge on any atom is 0.243 e. The van der Waals surface area contributed by atoms with Crippen LogP contribution in [-0.2, 0) is 10.0 Å². The van der Waals surface area contributed by atoms with Crippen LogP contribution in [0.5, 0.6) is 0 Å². The molecule has 2 atom stereocenters. The van der Waals surface area contributed by atoms with Gasteiger partial charge in [0.15, 0.2) is 5.78 Å². The normalized spacial score (nSPS) is 23.0. The van der Waals surface area contributed by atoms with Gasteiger partial charge < -0.3 is 0 Å². The molecule has 2 aliphatic rings. The van der Waals surface area contributed by atoms with Crippen molar-refractivity contribution >= 4 is 15.8 Å². The van der Waals surface area contributed by atoms with Crippen molar-refractivity contribution in [1.82, 2.24) is 4.31 Å². The van der Waals surface area contributed by atoms with E-state index in [1.54, 1.807) is 12.1 Å². The summed E-state index contributed by atoms with van der Waals surface area (Å²) in [6, 6.07) is 16.2. The fraction of sp³-hybridized carbons (Fsp3) is 0.348. The van der Waals surface area contributed by atoms with Gasteiger partial charge in [-0.15, -0.1) is 0 Å². The molecule has 2 aromatic rings. The first-order valence-corrected chi connectivity index (χ1v) is 11.3. The van der Waals surface area contributed by atoms with Crippen LogP contribution in [0.15, 0.2) is 71.1 Å². The molecular weight excluding hydrogens is 370 g/mol. The Bertz CT molecular complexity index is 994. The summed E-state index contributed by atoms with van der Waals surface area (Å²) in [5, 5.41) is 0. The summed E-state index contributed by atoms with van der Waals surface area (Å²) in [6.07, 6.45) is 5.11. The van der Waals surface area contributed by atoms with E-state index in [2.05, 4.69) is 6.08 Å². The summed E-state index contributed by atoms with van der Waals surface area (Å²) in [5.74, 6) is -0.143. The third-order valence-electron chi connectivity index (χ3n) is 5.90. The van der Waals surface area contributed by atoms with Gasteiger partial charge in [0.05, 0.1) is 4.90 Å². The third-order valence-corrected chi connectivity index (χ3v) is 7.73. The average Bonchev–Trinajstić information content (AvgIpc) is 2.73. The van der Waals surface area contributed by atoms with Crippen LogP contribution < -0.4 is 0 Å². The van der Waals surface area contributed by atoms with Crippen LogP contribution in [0.1, 0.15) is 35.2 Å². The quantitative estimate of drug-likeness (QED) is 0.575. The van der Waals surface area contributed by atoms with E-state index in [9.17, 15) is 13.2 Å². The van der Waals surface area contributed by atoms with E-state index in [1.807, 2.05) is 49.4 Å². The van der Waals surface area contributed by atoms with Crippen molar-refractivity contribution in [2.75, 3.05) is 13.1 Å². The van der Waals surface area contributed by atoms with Gasteiger partial charge in [-0.1, -0.05) is 59.7 Å². The van der Waals surface area contributed by atoms with E-state index in [0.29, 0.717) is 17.0 Å². The molecule has 0 aromatic heterocycles. The highest BCUT2D eigenvalue weighted by Gasteiger charge is 2.42. The third kappa shape index (κ3) is 3.56. The Morgan fingerprint density at radius 1 is 1.04 bits per heavy atom. The predicted octanol–water partition coefficient (Wildman–Crippen LogP) is 4.22. The smallest absolute Gasteiger partial charge is 0.243 e. The van der Waals surface area contributed by atoms with E-state index in [-0.39, 0.29) is 24.2 Å². The molecule has 2 unspecified atom stereocenters. The number of aryl methyl sites for hydroxylation is 1. The number of benzene rings is 2. The second-order valence-electron chi connectivity index (χ2n) is 7.76. The Morgan fingerprint density at radius 2 is 1.75 bits per heavy atom. The van der Waals surface area contributed by atoms with Crippen molar-refractivity contribution in [3.8, 4) is 0 Å². The number of carbonyl (C=O) groups is 1. The van der Waals surface area contributed by atoms with E-state index in [4.69, 9.17) is 0 Å². The number of hydrogen-bond acceptors (Lipinski definition) is 3. The summed E-state index contributed by atoms with van der Waals surface area (Å²) in [7, 11) is -3.64. The molecule has 0 N–H and O–H groups in total. The van der Waals surface area contributed by atoms with Crippen LogP contribution in [0.25, 0.3) is 0 Å². The van der Waals surface area contributed by atoms with Crippen molar-refractivity contribution in [3.05, 3.63) is 77.4 Å². The number of fused-ring (bicyclic) bond motifs is 1. The average molecular weight is 396 g/mol. The van der Waals surface area contributed by atoms with Gasteiger partial charge >= 0.3 is 0 Å². The number of hydrogen-bond donors (Lipinski definition) is 0. The first-order valence-electron chi connectivity index (χ1n) is 9.82. The Hall–Kier alpha value is -2.24. The summed E-state index contributed by atoms with van der Waals surface area (Å²) in [6.45, 7) is 2.56. The molecule has 0 spiro atoms. The number of rotatable bonds is 4. The zero-order valence-electron chi connectivity index (χ0n) is 16.0. The molecule has 5 heteroatoms. The van der Waals surface area contributed by atoms with Crippen LogP contribution in [0.3, 0.4) is 0 Å². The zero-order chi connectivity index (χ0) is 19.7. The molecule has 28 heavy (non-hydrogen) atoms. The summed E-state index contributed by atoms with van der Waals surface area (Å²) >= 11 is 0. The lowest BCUT2D eigenvalue weighted by Crippen LogP contribution is -2.48. The van der Waals surface area contributed by atoms with Crippen molar-refractivity contribution in [1.29, 1.82) is 0 Å². The van der Waals surface area contributed by atoms with E-state index in [0.717, 1.165) is 30.4 Å². The molecule has 146 valence electrons. The standard InChI is InChI=1S/C23H25NO3S/c1-17-11-13-20(14-12-17)28(26,27)24-15-19-9-5-6-10-21(19)22(16-24)23(25)18-7-3-2-4-8-18/h2-4,7-9,11-14,21-22H,5-6,10,15-16H2,1H3. The lowest BCUT2D eigenvalue weighted by Gasteiger charge is -2.40. The van der Waals surface area contributed by atoms with E-state index in [1.165, 1.54) is 4.31 Å². The molecule has 0 bridgehead atoms. The molecule has 4 rings (SSSR count). The van der Waals surface area contributed by atoms with Gasteiger partial charge in [0.2, 0.25) is 10.0 Å². The minimum absolute atomic E-state index is 0.0437. The van der Waals surface area contributed by atoms with E-state index < -0.39 is 10.0 Å². The molecular formula is C23H25NO3S. The van der Waals surface area contributed by atoms with Crippen molar-refractivity contribution < 1.29 is 13.2 Å². The molecule has 0 saturated carbocycles. The maximum atomic E-state index is 13.3. The predicted molar refractivity (Wildman–Crippen MR) is 110 cm³/mol. The largest absolute Gasteiger partial charge is 0.294 e. The highest BCUT2D eigenvalue weighted by molar-refractivity contribution is 7.89. The number of allylic oxidation sites excluding steroid dienone is 1. The van der Waals surface area contributed by atoms with Crippen molar-refractivity contribution in [2.45, 2.75) is 31.1 Å². The molecule has 1 aliphatic carbocycles. The van der Waals surface area contributed by atoms with Crippen molar-refractivity contribution in [3.63, 3.8) is 0 Å². The van der Waals surface area contributed by atoms with Gasteiger partial charge in [0.1, 0.15) is 0 Å². The van der Waals surface area contributed by atoms with E-state index >= 15 is 0 Å². The Kier molecular flexibility index (Phi) is 5.21. The maximum absolute atomic E-state index is 13.3. The molecule has 4 nitrogen and oxygen atoms in total. The van der Waals surface area contributed by atoms with Gasteiger partial charge in [-0.2, -0.15) is 4.31 Å². The second-order valence-corrected chi connectivity index (χ2v) is 9.70. The highest BCUT2D eigenvalue weighted by atomic mass is 32.2. The topological polar surface area (TPSA) is 54.5 Å². The lowest BCUT2D eigenvalue weighted by molar-refractivity contribution is 0.0829. The molecule has 1 fully saturated rings. The van der Waals surface area contributed by atoms with Crippen LogP contribution in [0.4, 0.5) is 0 Å². The Balaban J connectivity index is 1.69. The lowest BCUT2D eigenvalue weighted by atomic mass is 9.73. The molecule has 0 radical (unpaired) electrons. The van der Waals surface area contributed by atoms with Gasteiger partial charge in [-0.25, -0.2) is 8.42 Å². The number of sulfonamides is 1. The van der Waals surface area contributed by atoms with Gasteiger partial charge in [0.25, 0.3) is 0 Å². The minimum atomic E-state index is -3.64. The van der Waals surface area contributed by atoms with Crippen LogP contribution in [0, 0.1) is 18.8 Å². The first-order chi connectivity index (χ1) is 13.5. The fourth-order valence-electron chi connectivity index (χ4n) is 4.34. The monoisotopic (exact) mass is 395 g/mol. The van der Waals surface area contributed by atoms with Gasteiger partial charge in [-0.05, 0) is 44.2 Å². The number of piperidine rings is 1. The SMILES string of the molecule is Cc1ccc(S(=O)(=O)N2CC3=CCCCC3C(C(=O)c3ccccc3)C2)cc1. The summed E-state index contributed by atoms with van der Waals surface area (Å²) < 4.78 is 28.0.